The summed E-state index contributed by atoms with van der Waals surface area (Å²) in [5.41, 5.74) is 0.552. The van der Waals surface area contributed by atoms with E-state index in [9.17, 15) is 13.2 Å². The molecular weight excluding hydrogens is 308 g/mol. The average molecular weight is 324 g/mol. The number of aromatic nitrogens is 4. The van der Waals surface area contributed by atoms with Gasteiger partial charge < -0.3 is 4.74 Å². The Morgan fingerprint density at radius 1 is 1.27 bits per heavy atom. The van der Waals surface area contributed by atoms with E-state index in [-0.39, 0.29) is 30.4 Å². The van der Waals surface area contributed by atoms with E-state index in [1.807, 2.05) is 0 Å². The van der Waals surface area contributed by atoms with Crippen molar-refractivity contribution in [3.8, 4) is 5.69 Å². The number of tetrazole rings is 1. The lowest BCUT2D eigenvalue weighted by molar-refractivity contribution is -0.143. The molecule has 1 aromatic heterocycles. The Balaban J connectivity index is 2.11. The van der Waals surface area contributed by atoms with Gasteiger partial charge in [0.05, 0.1) is 18.0 Å². The van der Waals surface area contributed by atoms with Crippen LogP contribution in [0.15, 0.2) is 35.5 Å². The molecule has 0 aliphatic heterocycles. The van der Waals surface area contributed by atoms with Crippen LogP contribution >= 0.6 is 0 Å². The second-order valence-corrected chi connectivity index (χ2v) is 6.44. The molecule has 0 saturated heterocycles. The van der Waals surface area contributed by atoms with E-state index in [0.717, 1.165) is 0 Å². The summed E-state index contributed by atoms with van der Waals surface area (Å²) in [6.45, 7) is 1.97. The lowest BCUT2D eigenvalue weighted by Crippen LogP contribution is -2.15. The van der Waals surface area contributed by atoms with Gasteiger partial charge in [0.25, 0.3) is 5.16 Å². The van der Waals surface area contributed by atoms with E-state index in [1.165, 1.54) is 4.68 Å². The fourth-order valence-electron chi connectivity index (χ4n) is 1.84. The summed E-state index contributed by atoms with van der Waals surface area (Å²) in [7, 11) is -3.69. The Bertz CT molecular complexity index is 728. The van der Waals surface area contributed by atoms with Crippen molar-refractivity contribution >= 4 is 15.8 Å². The predicted molar refractivity (Wildman–Crippen MR) is 77.1 cm³/mol. The number of sulfone groups is 1. The van der Waals surface area contributed by atoms with Crippen molar-refractivity contribution in [2.24, 2.45) is 0 Å². The largest absolute Gasteiger partial charge is 0.466 e. The molecule has 0 fully saturated rings. The van der Waals surface area contributed by atoms with Gasteiger partial charge in [-0.05, 0) is 35.9 Å². The second kappa shape index (κ2) is 7.12. The Hall–Kier alpha value is -2.29. The van der Waals surface area contributed by atoms with Crippen LogP contribution in [0.2, 0.25) is 0 Å². The zero-order valence-corrected chi connectivity index (χ0v) is 12.9. The van der Waals surface area contributed by atoms with E-state index in [2.05, 4.69) is 15.5 Å². The van der Waals surface area contributed by atoms with E-state index in [4.69, 9.17) is 4.74 Å². The molecule has 0 radical (unpaired) electrons. The summed E-state index contributed by atoms with van der Waals surface area (Å²) in [6, 6.07) is 8.73. The number of para-hydroxylation sites is 1. The third kappa shape index (κ3) is 3.88. The molecule has 2 rings (SSSR count). The van der Waals surface area contributed by atoms with Crippen LogP contribution in [0.25, 0.3) is 5.69 Å². The quantitative estimate of drug-likeness (QED) is 0.693. The van der Waals surface area contributed by atoms with Gasteiger partial charge in [-0.25, -0.2) is 8.42 Å². The molecule has 0 N–H and O–H groups in total. The number of hydrogen-bond donors (Lipinski definition) is 0. The predicted octanol–water partition coefficient (Wildman–Crippen LogP) is 0.779. The number of hydrogen-bond acceptors (Lipinski definition) is 7. The maximum atomic E-state index is 12.3. The van der Waals surface area contributed by atoms with Gasteiger partial charge in [-0.15, -0.1) is 0 Å². The van der Waals surface area contributed by atoms with Crippen molar-refractivity contribution in [3.63, 3.8) is 0 Å². The minimum Gasteiger partial charge on any atom is -0.466 e. The number of nitrogens with zero attached hydrogens (tertiary/aromatic N) is 4. The Kier molecular flexibility index (Phi) is 5.21. The molecule has 9 heteroatoms. The summed E-state index contributed by atoms with van der Waals surface area (Å²) in [5, 5.41) is 10.5. The lowest BCUT2D eigenvalue weighted by Gasteiger charge is -2.05. The molecule has 118 valence electrons. The van der Waals surface area contributed by atoms with E-state index < -0.39 is 15.8 Å². The zero-order valence-electron chi connectivity index (χ0n) is 12.0. The number of ether oxygens (including phenoxy) is 1. The molecule has 0 spiro atoms. The highest BCUT2D eigenvalue weighted by molar-refractivity contribution is 7.91. The highest BCUT2D eigenvalue weighted by atomic mass is 32.2. The average Bonchev–Trinajstić information content (AvgIpc) is 2.98. The standard InChI is InChI=1S/C13H16N4O4S/c1-2-21-12(18)9-6-10-22(19,20)13-14-15-16-17(13)11-7-4-3-5-8-11/h3-5,7-8H,2,6,9-10H2,1H3. The zero-order chi connectivity index (χ0) is 16.0. The molecule has 0 bridgehead atoms. The van der Waals surface area contributed by atoms with Crippen LogP contribution in [0.4, 0.5) is 0 Å². The third-order valence-electron chi connectivity index (χ3n) is 2.82. The summed E-state index contributed by atoms with van der Waals surface area (Å²) >= 11 is 0. The van der Waals surface area contributed by atoms with Gasteiger partial charge in [-0.1, -0.05) is 23.3 Å². The first-order chi connectivity index (χ1) is 10.5. The van der Waals surface area contributed by atoms with Crippen LogP contribution in [0.1, 0.15) is 19.8 Å². The van der Waals surface area contributed by atoms with Gasteiger partial charge in [-0.2, -0.15) is 4.68 Å². The minimum absolute atomic E-state index is 0.0416. The first kappa shape index (κ1) is 16.1. The van der Waals surface area contributed by atoms with E-state index in [0.29, 0.717) is 5.69 Å². The monoisotopic (exact) mass is 324 g/mol. The molecular formula is C13H16N4O4S. The van der Waals surface area contributed by atoms with Crippen LogP contribution < -0.4 is 0 Å². The molecule has 1 aromatic carbocycles. The maximum absolute atomic E-state index is 12.3. The van der Waals surface area contributed by atoms with Crippen LogP contribution in [0.5, 0.6) is 0 Å². The number of carbonyl (C=O) groups excluding carboxylic acids is 1. The number of rotatable bonds is 7. The fourth-order valence-corrected chi connectivity index (χ4v) is 3.11. The Morgan fingerprint density at radius 2 is 2.00 bits per heavy atom. The first-order valence-electron chi connectivity index (χ1n) is 6.77. The number of benzene rings is 1. The van der Waals surface area contributed by atoms with Gasteiger partial charge in [0.1, 0.15) is 0 Å². The SMILES string of the molecule is CCOC(=O)CCCS(=O)(=O)c1nnnn1-c1ccccc1. The van der Waals surface area contributed by atoms with Crippen molar-refractivity contribution in [1.82, 2.24) is 20.2 Å². The van der Waals surface area contributed by atoms with Crippen LogP contribution in [0, 0.1) is 0 Å². The molecule has 0 atom stereocenters. The summed E-state index contributed by atoms with van der Waals surface area (Å²) < 4.78 is 30.6. The topological polar surface area (TPSA) is 104 Å². The fraction of sp³-hybridized carbons (Fsp3) is 0.385. The third-order valence-corrected chi connectivity index (χ3v) is 4.46. The van der Waals surface area contributed by atoms with Gasteiger partial charge in [0, 0.05) is 6.42 Å². The molecule has 1 heterocycles. The number of esters is 1. The van der Waals surface area contributed by atoms with Gasteiger partial charge in [0.2, 0.25) is 9.84 Å². The summed E-state index contributed by atoms with van der Waals surface area (Å²) in [6.07, 6.45) is 0.197. The van der Waals surface area contributed by atoms with Gasteiger partial charge in [0.15, 0.2) is 0 Å². The van der Waals surface area contributed by atoms with Crippen LogP contribution in [-0.4, -0.2) is 47.0 Å². The van der Waals surface area contributed by atoms with Crippen molar-refractivity contribution in [1.29, 1.82) is 0 Å². The molecule has 22 heavy (non-hydrogen) atoms. The smallest absolute Gasteiger partial charge is 0.305 e. The second-order valence-electron chi connectivity index (χ2n) is 4.44. The normalized spacial score (nSPS) is 11.3. The Morgan fingerprint density at radius 3 is 2.68 bits per heavy atom. The van der Waals surface area contributed by atoms with Crippen molar-refractivity contribution < 1.29 is 17.9 Å². The molecule has 0 unspecified atom stereocenters. The van der Waals surface area contributed by atoms with Crippen molar-refractivity contribution in [2.75, 3.05) is 12.4 Å². The van der Waals surface area contributed by atoms with Crippen LogP contribution in [0.3, 0.4) is 0 Å². The lowest BCUT2D eigenvalue weighted by atomic mass is 10.3. The summed E-state index contributed by atoms with van der Waals surface area (Å²) in [5.74, 6) is -0.640. The first-order valence-corrected chi connectivity index (χ1v) is 8.42. The molecule has 0 aliphatic rings. The maximum Gasteiger partial charge on any atom is 0.305 e. The minimum atomic E-state index is -3.69. The van der Waals surface area contributed by atoms with E-state index in [1.54, 1.807) is 37.3 Å². The van der Waals surface area contributed by atoms with Crippen LogP contribution in [-0.2, 0) is 19.4 Å². The number of carbonyl (C=O) groups is 1. The highest BCUT2D eigenvalue weighted by Crippen LogP contribution is 2.14. The van der Waals surface area contributed by atoms with Gasteiger partial charge in [-0.3, -0.25) is 4.79 Å². The molecule has 0 aliphatic carbocycles. The molecule has 0 amide bonds. The Labute approximate surface area is 128 Å². The van der Waals surface area contributed by atoms with Crippen molar-refractivity contribution in [3.05, 3.63) is 30.3 Å². The summed E-state index contributed by atoms with van der Waals surface area (Å²) in [4.78, 5) is 11.2. The molecule has 2 aromatic rings. The van der Waals surface area contributed by atoms with Crippen molar-refractivity contribution in [2.45, 2.75) is 24.9 Å². The molecule has 8 nitrogen and oxygen atoms in total. The highest BCUT2D eigenvalue weighted by Gasteiger charge is 2.23. The van der Waals surface area contributed by atoms with E-state index >= 15 is 0 Å². The van der Waals surface area contributed by atoms with Gasteiger partial charge >= 0.3 is 5.97 Å². The molecule has 0 saturated carbocycles.